The maximum atomic E-state index is 5.92. The second-order valence-corrected chi connectivity index (χ2v) is 5.65. The van der Waals surface area contributed by atoms with E-state index in [1.165, 1.54) is 16.7 Å². The van der Waals surface area contributed by atoms with E-state index in [1.807, 2.05) is 13.4 Å². The number of furan rings is 1. The maximum absolute atomic E-state index is 5.92. The molecule has 1 aromatic carbocycles. The van der Waals surface area contributed by atoms with Crippen molar-refractivity contribution in [1.82, 2.24) is 14.9 Å². The third-order valence-electron chi connectivity index (χ3n) is 3.97. The molecule has 110 valence electrons. The van der Waals surface area contributed by atoms with Gasteiger partial charge in [0.05, 0.1) is 30.5 Å². The van der Waals surface area contributed by atoms with E-state index in [1.54, 1.807) is 0 Å². The summed E-state index contributed by atoms with van der Waals surface area (Å²) in [6, 6.07) is 6.45. The first-order chi connectivity index (χ1) is 10.1. The molecular formula is C17H21N3O. The van der Waals surface area contributed by atoms with Gasteiger partial charge in [0.25, 0.3) is 0 Å². The van der Waals surface area contributed by atoms with Gasteiger partial charge in [0.2, 0.25) is 0 Å². The summed E-state index contributed by atoms with van der Waals surface area (Å²) in [6.07, 6.45) is 1.89. The molecular weight excluding hydrogens is 262 g/mol. The monoisotopic (exact) mass is 283 g/mol. The lowest BCUT2D eigenvalue weighted by atomic mass is 10.1. The van der Waals surface area contributed by atoms with Crippen molar-refractivity contribution in [2.45, 2.75) is 33.9 Å². The van der Waals surface area contributed by atoms with Gasteiger partial charge in [0, 0.05) is 0 Å². The lowest BCUT2D eigenvalue weighted by molar-refractivity contribution is 0.444. The van der Waals surface area contributed by atoms with Gasteiger partial charge in [-0.2, -0.15) is 0 Å². The molecule has 4 heteroatoms. The Hall–Kier alpha value is -2.07. The number of aromatic nitrogens is 2. The van der Waals surface area contributed by atoms with Gasteiger partial charge in [0.1, 0.15) is 11.5 Å². The van der Waals surface area contributed by atoms with Crippen LogP contribution >= 0.6 is 0 Å². The minimum Gasteiger partial charge on any atom is -0.463 e. The van der Waals surface area contributed by atoms with Crippen molar-refractivity contribution in [3.05, 3.63) is 52.7 Å². The van der Waals surface area contributed by atoms with Gasteiger partial charge >= 0.3 is 0 Å². The highest BCUT2D eigenvalue weighted by Gasteiger charge is 2.10. The zero-order chi connectivity index (χ0) is 15.0. The smallest absolute Gasteiger partial charge is 0.124 e. The number of nitrogens with zero attached hydrogens (tertiary/aromatic N) is 2. The highest BCUT2D eigenvalue weighted by Crippen LogP contribution is 2.21. The molecule has 0 aliphatic rings. The second kappa shape index (κ2) is 5.37. The van der Waals surface area contributed by atoms with Crippen LogP contribution in [0.3, 0.4) is 0 Å². The lowest BCUT2D eigenvalue weighted by Gasteiger charge is -2.04. The van der Waals surface area contributed by atoms with Gasteiger partial charge in [-0.05, 0) is 62.7 Å². The molecule has 2 heterocycles. The van der Waals surface area contributed by atoms with Crippen LogP contribution in [0, 0.1) is 20.8 Å². The molecule has 4 nitrogen and oxygen atoms in total. The Balaban J connectivity index is 1.94. The van der Waals surface area contributed by atoms with E-state index in [4.69, 9.17) is 4.42 Å². The van der Waals surface area contributed by atoms with Crippen LogP contribution in [0.4, 0.5) is 0 Å². The van der Waals surface area contributed by atoms with Crippen LogP contribution in [0.1, 0.15) is 28.2 Å². The van der Waals surface area contributed by atoms with Gasteiger partial charge in [-0.25, -0.2) is 4.98 Å². The number of fused-ring (bicyclic) bond motifs is 1. The Labute approximate surface area is 124 Å². The zero-order valence-electron chi connectivity index (χ0n) is 13.0. The number of nitrogens with one attached hydrogen (secondary N) is 1. The fourth-order valence-corrected chi connectivity index (χ4v) is 2.61. The molecule has 0 fully saturated rings. The van der Waals surface area contributed by atoms with Crippen LogP contribution in [0.2, 0.25) is 0 Å². The van der Waals surface area contributed by atoms with Crippen LogP contribution < -0.4 is 5.32 Å². The first kappa shape index (κ1) is 13.9. The Bertz CT molecular complexity index is 783. The van der Waals surface area contributed by atoms with Crippen LogP contribution in [-0.2, 0) is 13.1 Å². The van der Waals surface area contributed by atoms with Crippen molar-refractivity contribution < 1.29 is 4.42 Å². The highest BCUT2D eigenvalue weighted by atomic mass is 16.3. The first-order valence-electron chi connectivity index (χ1n) is 7.23. The van der Waals surface area contributed by atoms with E-state index in [9.17, 15) is 0 Å². The number of hydrogen-bond acceptors (Lipinski definition) is 3. The lowest BCUT2D eigenvalue weighted by Crippen LogP contribution is -2.04. The number of hydrogen-bond donors (Lipinski definition) is 1. The number of imidazole rings is 1. The van der Waals surface area contributed by atoms with Gasteiger partial charge in [-0.15, -0.1) is 0 Å². The Kier molecular flexibility index (Phi) is 3.55. The summed E-state index contributed by atoms with van der Waals surface area (Å²) in [7, 11) is 1.93. The van der Waals surface area contributed by atoms with E-state index in [0.29, 0.717) is 6.54 Å². The first-order valence-corrected chi connectivity index (χ1v) is 7.23. The molecule has 3 rings (SSSR count). The van der Waals surface area contributed by atoms with E-state index >= 15 is 0 Å². The molecule has 0 saturated heterocycles. The maximum Gasteiger partial charge on any atom is 0.124 e. The highest BCUT2D eigenvalue weighted by molar-refractivity contribution is 5.77. The third-order valence-corrected chi connectivity index (χ3v) is 3.97. The van der Waals surface area contributed by atoms with E-state index in [-0.39, 0.29) is 0 Å². The molecule has 0 bridgehead atoms. The fourth-order valence-electron chi connectivity index (χ4n) is 2.61. The fraction of sp³-hybridized carbons (Fsp3) is 0.353. The molecule has 0 unspecified atom stereocenters. The van der Waals surface area contributed by atoms with Crippen LogP contribution in [0.25, 0.3) is 11.0 Å². The van der Waals surface area contributed by atoms with Crippen molar-refractivity contribution in [1.29, 1.82) is 0 Å². The topological polar surface area (TPSA) is 43.0 Å². The van der Waals surface area contributed by atoms with Crippen LogP contribution in [0.5, 0.6) is 0 Å². The van der Waals surface area contributed by atoms with Crippen molar-refractivity contribution in [3.63, 3.8) is 0 Å². The number of rotatable bonds is 4. The minimum absolute atomic E-state index is 0.712. The molecule has 3 aromatic rings. The SMILES string of the molecule is CNCc1oc(Cn2cnc3cc(C)c(C)cc32)cc1C. The molecule has 0 atom stereocenters. The summed E-state index contributed by atoms with van der Waals surface area (Å²) >= 11 is 0. The standard InChI is InChI=1S/C17H21N3O/c1-11-6-15-16(7-12(11)2)20(10-19-15)9-14-5-13(3)17(21-14)8-18-4/h5-7,10,18H,8-9H2,1-4H3. The van der Waals surface area contributed by atoms with Crippen molar-refractivity contribution in [2.24, 2.45) is 0 Å². The van der Waals surface area contributed by atoms with E-state index in [0.717, 1.165) is 29.1 Å². The quantitative estimate of drug-likeness (QED) is 0.798. The van der Waals surface area contributed by atoms with Gasteiger partial charge < -0.3 is 14.3 Å². The normalized spacial score (nSPS) is 11.4. The molecule has 1 N–H and O–H groups in total. The second-order valence-electron chi connectivity index (χ2n) is 5.65. The molecule has 0 amide bonds. The zero-order valence-corrected chi connectivity index (χ0v) is 13.0. The predicted molar refractivity (Wildman–Crippen MR) is 84.5 cm³/mol. The van der Waals surface area contributed by atoms with Crippen LogP contribution in [0.15, 0.2) is 28.9 Å². The molecule has 0 aliphatic carbocycles. The van der Waals surface area contributed by atoms with Crippen molar-refractivity contribution in [2.75, 3.05) is 7.05 Å². The van der Waals surface area contributed by atoms with E-state index in [2.05, 4.69) is 53.8 Å². The van der Waals surface area contributed by atoms with Gasteiger partial charge in [-0.1, -0.05) is 0 Å². The molecule has 21 heavy (non-hydrogen) atoms. The molecule has 2 aromatic heterocycles. The Morgan fingerprint density at radius 2 is 1.86 bits per heavy atom. The Morgan fingerprint density at radius 1 is 1.10 bits per heavy atom. The van der Waals surface area contributed by atoms with Gasteiger partial charge in [-0.3, -0.25) is 0 Å². The summed E-state index contributed by atoms with van der Waals surface area (Å²) in [4.78, 5) is 4.49. The van der Waals surface area contributed by atoms with Crippen molar-refractivity contribution >= 4 is 11.0 Å². The number of aryl methyl sites for hydroxylation is 3. The summed E-state index contributed by atoms with van der Waals surface area (Å²) < 4.78 is 8.06. The summed E-state index contributed by atoms with van der Waals surface area (Å²) in [5.41, 5.74) is 5.95. The largest absolute Gasteiger partial charge is 0.463 e. The van der Waals surface area contributed by atoms with E-state index < -0.39 is 0 Å². The van der Waals surface area contributed by atoms with Crippen LogP contribution in [-0.4, -0.2) is 16.6 Å². The molecule has 0 aliphatic heterocycles. The third kappa shape index (κ3) is 2.59. The molecule has 0 radical (unpaired) electrons. The van der Waals surface area contributed by atoms with Gasteiger partial charge in [0.15, 0.2) is 0 Å². The number of benzene rings is 1. The Morgan fingerprint density at radius 3 is 2.62 bits per heavy atom. The summed E-state index contributed by atoms with van der Waals surface area (Å²) in [6.45, 7) is 7.81. The average Bonchev–Trinajstić information content (AvgIpc) is 2.97. The predicted octanol–water partition coefficient (Wildman–Crippen LogP) is 3.32. The average molecular weight is 283 g/mol. The molecule has 0 saturated carbocycles. The summed E-state index contributed by atoms with van der Waals surface area (Å²) in [5, 5.41) is 3.13. The van der Waals surface area contributed by atoms with Crippen molar-refractivity contribution in [3.8, 4) is 0 Å². The molecule has 0 spiro atoms. The summed E-state index contributed by atoms with van der Waals surface area (Å²) in [5.74, 6) is 1.97. The minimum atomic E-state index is 0.712.